The van der Waals surface area contributed by atoms with Gasteiger partial charge < -0.3 is 10.2 Å². The molecule has 0 aliphatic carbocycles. The molecule has 0 aliphatic rings. The highest BCUT2D eigenvalue weighted by Crippen LogP contribution is 2.34. The molecule has 0 heterocycles. The summed E-state index contributed by atoms with van der Waals surface area (Å²) in [6, 6.07) is 8.58. The van der Waals surface area contributed by atoms with Crippen molar-refractivity contribution in [3.05, 3.63) is 65.0 Å². The summed E-state index contributed by atoms with van der Waals surface area (Å²) >= 11 is 0. The van der Waals surface area contributed by atoms with Crippen LogP contribution in [0.4, 0.5) is 17.6 Å². The number of aromatic hydroxyl groups is 1. The first-order valence-electron chi connectivity index (χ1n) is 6.10. The molecule has 0 saturated heterocycles. The van der Waals surface area contributed by atoms with E-state index < -0.39 is 29.2 Å². The smallest absolute Gasteiger partial charge is 0.419 e. The van der Waals surface area contributed by atoms with E-state index >= 15 is 0 Å². The van der Waals surface area contributed by atoms with Gasteiger partial charge in [0, 0.05) is 12.0 Å². The highest BCUT2D eigenvalue weighted by atomic mass is 19.4. The van der Waals surface area contributed by atoms with Gasteiger partial charge in [0.05, 0.1) is 11.7 Å². The Morgan fingerprint density at radius 1 is 1.00 bits per heavy atom. The zero-order chi connectivity index (χ0) is 15.6. The molecule has 0 saturated carbocycles. The van der Waals surface area contributed by atoms with E-state index in [0.717, 1.165) is 12.1 Å². The van der Waals surface area contributed by atoms with Gasteiger partial charge in [0.15, 0.2) is 0 Å². The van der Waals surface area contributed by atoms with Crippen LogP contribution in [0.15, 0.2) is 42.5 Å². The van der Waals surface area contributed by atoms with Crippen molar-refractivity contribution in [2.45, 2.75) is 18.7 Å². The van der Waals surface area contributed by atoms with Gasteiger partial charge in [0.25, 0.3) is 0 Å². The predicted molar refractivity (Wildman–Crippen MR) is 68.2 cm³/mol. The van der Waals surface area contributed by atoms with Gasteiger partial charge >= 0.3 is 6.18 Å². The molecule has 2 N–H and O–H groups in total. The fraction of sp³-hybridized carbons (Fsp3) is 0.200. The summed E-state index contributed by atoms with van der Waals surface area (Å²) in [5, 5.41) is 19.1. The highest BCUT2D eigenvalue weighted by molar-refractivity contribution is 5.32. The van der Waals surface area contributed by atoms with E-state index in [1.54, 1.807) is 0 Å². The van der Waals surface area contributed by atoms with Crippen molar-refractivity contribution < 1.29 is 27.8 Å². The van der Waals surface area contributed by atoms with Crippen LogP contribution in [-0.2, 0) is 12.6 Å². The fourth-order valence-electron chi connectivity index (χ4n) is 1.99. The molecule has 2 aromatic rings. The first kappa shape index (κ1) is 15.3. The number of hydrogen-bond donors (Lipinski definition) is 2. The SMILES string of the molecule is Oc1ccc(CC(O)c2cccc(C(F)(F)F)c2F)cc1. The van der Waals surface area contributed by atoms with Gasteiger partial charge in [0.1, 0.15) is 11.6 Å². The third-order valence-electron chi connectivity index (χ3n) is 3.06. The van der Waals surface area contributed by atoms with Crippen LogP contribution in [0.3, 0.4) is 0 Å². The lowest BCUT2D eigenvalue weighted by atomic mass is 9.99. The maximum atomic E-state index is 13.9. The van der Waals surface area contributed by atoms with Gasteiger partial charge in [-0.15, -0.1) is 0 Å². The van der Waals surface area contributed by atoms with Gasteiger partial charge in [-0.25, -0.2) is 4.39 Å². The largest absolute Gasteiger partial charge is 0.508 e. The molecule has 1 atom stereocenters. The predicted octanol–water partition coefficient (Wildman–Crippen LogP) is 3.83. The summed E-state index contributed by atoms with van der Waals surface area (Å²) in [5.41, 5.74) is -1.24. The number of aliphatic hydroxyl groups is 1. The minimum atomic E-state index is -4.81. The number of phenolic OH excluding ortho intramolecular Hbond substituents is 1. The van der Waals surface area contributed by atoms with E-state index in [9.17, 15) is 22.7 Å². The Labute approximate surface area is 118 Å². The van der Waals surface area contributed by atoms with E-state index in [2.05, 4.69) is 0 Å². The quantitative estimate of drug-likeness (QED) is 0.846. The second-order valence-corrected chi connectivity index (χ2v) is 4.59. The molecule has 21 heavy (non-hydrogen) atoms. The molecule has 112 valence electrons. The Hall–Kier alpha value is -2.08. The highest BCUT2D eigenvalue weighted by Gasteiger charge is 2.35. The summed E-state index contributed by atoms with van der Waals surface area (Å²) in [7, 11) is 0. The first-order valence-corrected chi connectivity index (χ1v) is 6.10. The molecule has 2 nitrogen and oxygen atoms in total. The normalized spacial score (nSPS) is 13.2. The zero-order valence-corrected chi connectivity index (χ0v) is 10.7. The van der Waals surface area contributed by atoms with E-state index in [-0.39, 0.29) is 12.2 Å². The number of phenols is 1. The van der Waals surface area contributed by atoms with Crippen LogP contribution in [0.1, 0.15) is 22.8 Å². The van der Waals surface area contributed by atoms with Crippen molar-refractivity contribution in [1.29, 1.82) is 0 Å². The maximum absolute atomic E-state index is 13.9. The van der Waals surface area contributed by atoms with E-state index in [1.807, 2.05) is 0 Å². The average Bonchev–Trinajstić information content (AvgIpc) is 2.40. The average molecular weight is 300 g/mol. The maximum Gasteiger partial charge on any atom is 0.419 e. The number of hydrogen-bond acceptors (Lipinski definition) is 2. The second-order valence-electron chi connectivity index (χ2n) is 4.59. The molecule has 0 spiro atoms. The molecule has 6 heteroatoms. The molecule has 0 aliphatic heterocycles. The van der Waals surface area contributed by atoms with Crippen LogP contribution in [0.5, 0.6) is 5.75 Å². The van der Waals surface area contributed by atoms with Crippen molar-refractivity contribution in [3.8, 4) is 5.75 Å². The monoisotopic (exact) mass is 300 g/mol. The molecular weight excluding hydrogens is 288 g/mol. The van der Waals surface area contributed by atoms with Gasteiger partial charge in [-0.2, -0.15) is 13.2 Å². The molecule has 0 radical (unpaired) electrons. The van der Waals surface area contributed by atoms with Crippen molar-refractivity contribution in [2.24, 2.45) is 0 Å². The molecule has 0 amide bonds. The molecular formula is C15H12F4O2. The van der Waals surface area contributed by atoms with Crippen molar-refractivity contribution in [3.63, 3.8) is 0 Å². The summed E-state index contributed by atoms with van der Waals surface area (Å²) in [5.74, 6) is -1.44. The van der Waals surface area contributed by atoms with Gasteiger partial charge in [-0.1, -0.05) is 24.3 Å². The van der Waals surface area contributed by atoms with E-state index in [1.165, 1.54) is 24.3 Å². The summed E-state index contributed by atoms with van der Waals surface area (Å²) in [4.78, 5) is 0. The number of aliphatic hydroxyl groups excluding tert-OH is 1. The van der Waals surface area contributed by atoms with Crippen molar-refractivity contribution >= 4 is 0 Å². The Morgan fingerprint density at radius 3 is 2.19 bits per heavy atom. The fourth-order valence-corrected chi connectivity index (χ4v) is 1.99. The Bertz CT molecular complexity index is 621. The number of halogens is 4. The van der Waals surface area contributed by atoms with E-state index in [4.69, 9.17) is 5.11 Å². The van der Waals surface area contributed by atoms with Gasteiger partial charge in [0.2, 0.25) is 0 Å². The summed E-state index contributed by atoms with van der Waals surface area (Å²) in [6.07, 6.45) is -6.27. The summed E-state index contributed by atoms with van der Waals surface area (Å²) in [6.45, 7) is 0. The van der Waals surface area contributed by atoms with Crippen LogP contribution in [0.25, 0.3) is 0 Å². The van der Waals surface area contributed by atoms with Crippen LogP contribution in [-0.4, -0.2) is 10.2 Å². The zero-order valence-electron chi connectivity index (χ0n) is 10.7. The molecule has 0 bridgehead atoms. The Kier molecular flexibility index (Phi) is 4.18. The lowest BCUT2D eigenvalue weighted by Gasteiger charge is -2.15. The third kappa shape index (κ3) is 3.52. The van der Waals surface area contributed by atoms with Gasteiger partial charge in [-0.05, 0) is 23.8 Å². The number of alkyl halides is 3. The lowest BCUT2D eigenvalue weighted by Crippen LogP contribution is -2.12. The molecule has 0 fully saturated rings. The minimum Gasteiger partial charge on any atom is -0.508 e. The van der Waals surface area contributed by atoms with Crippen LogP contribution in [0.2, 0.25) is 0 Å². The number of benzene rings is 2. The lowest BCUT2D eigenvalue weighted by molar-refractivity contribution is -0.140. The van der Waals surface area contributed by atoms with Crippen molar-refractivity contribution in [1.82, 2.24) is 0 Å². The van der Waals surface area contributed by atoms with Crippen LogP contribution in [0, 0.1) is 5.82 Å². The van der Waals surface area contributed by atoms with Gasteiger partial charge in [-0.3, -0.25) is 0 Å². The summed E-state index contributed by atoms with van der Waals surface area (Å²) < 4.78 is 51.7. The Balaban J connectivity index is 2.27. The van der Waals surface area contributed by atoms with Crippen LogP contribution < -0.4 is 0 Å². The van der Waals surface area contributed by atoms with Crippen molar-refractivity contribution in [2.75, 3.05) is 0 Å². The molecule has 2 rings (SSSR count). The van der Waals surface area contributed by atoms with E-state index in [0.29, 0.717) is 11.6 Å². The second kappa shape index (κ2) is 5.73. The number of rotatable bonds is 3. The molecule has 2 aromatic carbocycles. The third-order valence-corrected chi connectivity index (χ3v) is 3.06. The molecule has 1 unspecified atom stereocenters. The standard InChI is InChI=1S/C15H12F4O2/c16-14-11(2-1-3-12(14)15(17,18)19)13(21)8-9-4-6-10(20)7-5-9/h1-7,13,20-21H,8H2. The topological polar surface area (TPSA) is 40.5 Å². The van der Waals surface area contributed by atoms with Crippen LogP contribution >= 0.6 is 0 Å². The minimum absolute atomic E-state index is 0.0264. The molecule has 0 aromatic heterocycles. The first-order chi connectivity index (χ1) is 9.79. The Morgan fingerprint density at radius 2 is 1.62 bits per heavy atom.